The minimum atomic E-state index is -0.817. The summed E-state index contributed by atoms with van der Waals surface area (Å²) in [6.45, 7) is 8.96. The zero-order chi connectivity index (χ0) is 13.1. The third kappa shape index (κ3) is 5.07. The molecule has 0 aliphatic heterocycles. The molecule has 0 heterocycles. The predicted molar refractivity (Wildman–Crippen MR) is 73.4 cm³/mol. The summed E-state index contributed by atoms with van der Waals surface area (Å²) in [4.78, 5) is 0. The van der Waals surface area contributed by atoms with Gasteiger partial charge in [0.2, 0.25) is 0 Å². The lowest BCUT2D eigenvalue weighted by molar-refractivity contribution is 0.0464. The molecule has 3 heteroatoms. The molecular formula is C14H22ClNO. The highest BCUT2D eigenvalue weighted by molar-refractivity contribution is 6.30. The van der Waals surface area contributed by atoms with Crippen molar-refractivity contribution in [2.45, 2.75) is 45.3 Å². The van der Waals surface area contributed by atoms with Gasteiger partial charge in [-0.1, -0.05) is 23.7 Å². The maximum Gasteiger partial charge on any atom is 0.0880 e. The van der Waals surface area contributed by atoms with E-state index in [2.05, 4.69) is 26.1 Å². The van der Waals surface area contributed by atoms with E-state index in [0.29, 0.717) is 11.4 Å². The summed E-state index contributed by atoms with van der Waals surface area (Å²) in [5.74, 6) is 0. The lowest BCUT2D eigenvalue weighted by Gasteiger charge is -2.27. The van der Waals surface area contributed by atoms with Crippen molar-refractivity contribution in [3.63, 3.8) is 0 Å². The molecule has 0 aromatic heterocycles. The van der Waals surface area contributed by atoms with Gasteiger partial charge in [-0.3, -0.25) is 0 Å². The van der Waals surface area contributed by atoms with Crippen LogP contribution in [0, 0.1) is 0 Å². The average molecular weight is 256 g/mol. The molecule has 17 heavy (non-hydrogen) atoms. The van der Waals surface area contributed by atoms with E-state index in [9.17, 15) is 5.11 Å². The van der Waals surface area contributed by atoms with Gasteiger partial charge in [0.25, 0.3) is 0 Å². The Morgan fingerprint density at radius 3 is 2.12 bits per heavy atom. The van der Waals surface area contributed by atoms with Crippen LogP contribution in [0.1, 0.15) is 39.7 Å². The molecule has 2 nitrogen and oxygen atoms in total. The molecule has 1 aromatic carbocycles. The van der Waals surface area contributed by atoms with Gasteiger partial charge in [-0.05, 0) is 58.4 Å². The van der Waals surface area contributed by atoms with Crippen LogP contribution in [0.2, 0.25) is 5.02 Å². The molecule has 0 aliphatic rings. The zero-order valence-corrected chi connectivity index (χ0v) is 11.8. The van der Waals surface area contributed by atoms with Crippen molar-refractivity contribution in [1.29, 1.82) is 0 Å². The van der Waals surface area contributed by atoms with Gasteiger partial charge >= 0.3 is 0 Å². The van der Waals surface area contributed by atoms with Crippen LogP contribution in [0.3, 0.4) is 0 Å². The molecule has 2 N–H and O–H groups in total. The normalized spacial score (nSPS) is 15.6. The summed E-state index contributed by atoms with van der Waals surface area (Å²) >= 11 is 5.83. The Morgan fingerprint density at radius 1 is 1.12 bits per heavy atom. The second kappa shape index (κ2) is 5.38. The minimum absolute atomic E-state index is 0.0794. The third-order valence-corrected chi connectivity index (χ3v) is 2.99. The van der Waals surface area contributed by atoms with Gasteiger partial charge in [0, 0.05) is 10.6 Å². The van der Waals surface area contributed by atoms with E-state index in [1.165, 1.54) is 0 Å². The average Bonchev–Trinajstić information content (AvgIpc) is 2.15. The Morgan fingerprint density at radius 2 is 1.65 bits per heavy atom. The molecule has 1 unspecified atom stereocenters. The molecule has 96 valence electrons. The number of nitrogens with one attached hydrogen (secondary N) is 1. The monoisotopic (exact) mass is 255 g/mol. The van der Waals surface area contributed by atoms with Crippen LogP contribution < -0.4 is 5.32 Å². The maximum atomic E-state index is 10.4. The van der Waals surface area contributed by atoms with Crippen molar-refractivity contribution in [2.24, 2.45) is 0 Å². The summed E-state index contributed by atoms with van der Waals surface area (Å²) in [6, 6.07) is 7.37. The molecule has 1 aromatic rings. The van der Waals surface area contributed by atoms with E-state index in [-0.39, 0.29) is 5.54 Å². The van der Waals surface area contributed by atoms with Crippen LogP contribution in [0.25, 0.3) is 0 Å². The van der Waals surface area contributed by atoms with Crippen LogP contribution in [0.4, 0.5) is 0 Å². The number of rotatable bonds is 4. The fourth-order valence-corrected chi connectivity index (χ4v) is 1.76. The van der Waals surface area contributed by atoms with E-state index in [1.807, 2.05) is 31.2 Å². The highest BCUT2D eigenvalue weighted by atomic mass is 35.5. The number of hydrogen-bond donors (Lipinski definition) is 2. The summed E-state index contributed by atoms with van der Waals surface area (Å²) < 4.78 is 0. The van der Waals surface area contributed by atoms with E-state index in [1.54, 1.807) is 0 Å². The fraction of sp³-hybridized carbons (Fsp3) is 0.571. The summed E-state index contributed by atoms with van der Waals surface area (Å²) in [5.41, 5.74) is 0.163. The van der Waals surface area contributed by atoms with Crippen molar-refractivity contribution in [3.8, 4) is 0 Å². The van der Waals surface area contributed by atoms with Gasteiger partial charge in [0.15, 0.2) is 0 Å². The molecular weight excluding hydrogens is 234 g/mol. The topological polar surface area (TPSA) is 32.3 Å². The molecule has 0 saturated heterocycles. The highest BCUT2D eigenvalue weighted by Crippen LogP contribution is 2.25. The number of hydrogen-bond acceptors (Lipinski definition) is 2. The SMILES string of the molecule is CC(C)(C)NCCC(C)(O)c1ccc(Cl)cc1. The maximum absolute atomic E-state index is 10.4. The first-order chi connectivity index (χ1) is 7.71. The van der Waals surface area contributed by atoms with Crippen LogP contribution in [-0.2, 0) is 5.60 Å². The van der Waals surface area contributed by atoms with Gasteiger partial charge in [-0.15, -0.1) is 0 Å². The van der Waals surface area contributed by atoms with Gasteiger partial charge < -0.3 is 10.4 Å². The Labute approximate surface area is 109 Å². The standard InChI is InChI=1S/C14H22ClNO/c1-13(2,3)16-10-9-14(4,17)11-5-7-12(15)8-6-11/h5-8,16-17H,9-10H2,1-4H3. The van der Waals surface area contributed by atoms with E-state index in [4.69, 9.17) is 11.6 Å². The predicted octanol–water partition coefficient (Wildman–Crippen LogP) is 3.33. The van der Waals surface area contributed by atoms with Crippen molar-refractivity contribution in [3.05, 3.63) is 34.9 Å². The van der Waals surface area contributed by atoms with Crippen LogP contribution in [0.5, 0.6) is 0 Å². The van der Waals surface area contributed by atoms with Crippen molar-refractivity contribution in [2.75, 3.05) is 6.54 Å². The van der Waals surface area contributed by atoms with Gasteiger partial charge in [0.1, 0.15) is 0 Å². The minimum Gasteiger partial charge on any atom is -0.385 e. The molecule has 0 radical (unpaired) electrons. The molecule has 0 bridgehead atoms. The molecule has 0 saturated carbocycles. The molecule has 0 spiro atoms. The second-order valence-electron chi connectivity index (χ2n) is 5.71. The first kappa shape index (κ1) is 14.5. The van der Waals surface area contributed by atoms with E-state index >= 15 is 0 Å². The third-order valence-electron chi connectivity index (χ3n) is 2.73. The van der Waals surface area contributed by atoms with Crippen molar-refractivity contribution >= 4 is 11.6 Å². The van der Waals surface area contributed by atoms with Gasteiger partial charge in [-0.25, -0.2) is 0 Å². The summed E-state index contributed by atoms with van der Waals surface area (Å²) in [6.07, 6.45) is 0.673. The Bertz CT molecular complexity index is 351. The van der Waals surface area contributed by atoms with Crippen LogP contribution >= 0.6 is 11.6 Å². The van der Waals surface area contributed by atoms with Crippen molar-refractivity contribution in [1.82, 2.24) is 5.32 Å². The van der Waals surface area contributed by atoms with Crippen LogP contribution in [0.15, 0.2) is 24.3 Å². The molecule has 0 fully saturated rings. The molecule has 1 atom stereocenters. The quantitative estimate of drug-likeness (QED) is 0.865. The Kier molecular flexibility index (Phi) is 4.59. The van der Waals surface area contributed by atoms with Crippen molar-refractivity contribution < 1.29 is 5.11 Å². The van der Waals surface area contributed by atoms with E-state index < -0.39 is 5.60 Å². The summed E-state index contributed by atoms with van der Waals surface area (Å²) in [7, 11) is 0. The number of aliphatic hydroxyl groups is 1. The molecule has 1 rings (SSSR count). The van der Waals surface area contributed by atoms with Crippen LogP contribution in [-0.4, -0.2) is 17.2 Å². The van der Waals surface area contributed by atoms with E-state index in [0.717, 1.165) is 12.1 Å². The first-order valence-electron chi connectivity index (χ1n) is 5.94. The van der Waals surface area contributed by atoms with Gasteiger partial charge in [0.05, 0.1) is 5.60 Å². The lowest BCUT2D eigenvalue weighted by atomic mass is 9.92. The fourth-order valence-electron chi connectivity index (χ4n) is 1.63. The lowest BCUT2D eigenvalue weighted by Crippen LogP contribution is -2.39. The Balaban J connectivity index is 2.59. The van der Waals surface area contributed by atoms with Gasteiger partial charge in [-0.2, -0.15) is 0 Å². The number of halogens is 1. The smallest absolute Gasteiger partial charge is 0.0880 e. The second-order valence-corrected chi connectivity index (χ2v) is 6.14. The zero-order valence-electron chi connectivity index (χ0n) is 11.0. The molecule has 0 aliphatic carbocycles. The Hall–Kier alpha value is -0.570. The first-order valence-corrected chi connectivity index (χ1v) is 6.32. The number of benzene rings is 1. The largest absolute Gasteiger partial charge is 0.385 e. The molecule has 0 amide bonds. The highest BCUT2D eigenvalue weighted by Gasteiger charge is 2.23. The summed E-state index contributed by atoms with van der Waals surface area (Å²) in [5, 5.41) is 14.5.